The van der Waals surface area contributed by atoms with Crippen LogP contribution in [0.2, 0.25) is 0 Å². The summed E-state index contributed by atoms with van der Waals surface area (Å²) in [4.78, 5) is 0. The first-order valence-corrected chi connectivity index (χ1v) is 3.65. The Kier molecular flexibility index (Phi) is 1.75. The lowest BCUT2D eigenvalue weighted by Gasteiger charge is -2.48. The van der Waals surface area contributed by atoms with Crippen molar-refractivity contribution >= 4 is 0 Å². The van der Waals surface area contributed by atoms with Crippen molar-refractivity contribution in [2.75, 3.05) is 19.6 Å². The largest absolute Gasteiger partial charge is 0.387 e. The van der Waals surface area contributed by atoms with Crippen LogP contribution in [0.3, 0.4) is 0 Å². The van der Waals surface area contributed by atoms with E-state index in [1.807, 2.05) is 13.8 Å². The normalized spacial score (nSPS) is 24.0. The SMILES string of the molecule is CC(C)(CN)C1(O)CNC1. The number of nitrogens with two attached hydrogens (primary N) is 1. The van der Waals surface area contributed by atoms with E-state index in [4.69, 9.17) is 5.73 Å². The lowest BCUT2D eigenvalue weighted by Crippen LogP contribution is -2.68. The zero-order chi connectivity index (χ0) is 7.83. The van der Waals surface area contributed by atoms with Crippen LogP contribution in [0.5, 0.6) is 0 Å². The van der Waals surface area contributed by atoms with Crippen LogP contribution in [0.25, 0.3) is 0 Å². The molecule has 10 heavy (non-hydrogen) atoms. The minimum atomic E-state index is -0.568. The van der Waals surface area contributed by atoms with E-state index < -0.39 is 5.60 Å². The highest BCUT2D eigenvalue weighted by atomic mass is 16.3. The lowest BCUT2D eigenvalue weighted by molar-refractivity contribution is -0.0999. The van der Waals surface area contributed by atoms with Gasteiger partial charge in [-0.1, -0.05) is 13.8 Å². The fourth-order valence-electron chi connectivity index (χ4n) is 1.03. The summed E-state index contributed by atoms with van der Waals surface area (Å²) < 4.78 is 0. The minimum absolute atomic E-state index is 0.155. The van der Waals surface area contributed by atoms with E-state index in [9.17, 15) is 5.11 Å². The number of β-amino-alcohol motifs (C(OH)–C–C–N with tert-alkyl or cyclic N) is 1. The van der Waals surface area contributed by atoms with Crippen LogP contribution >= 0.6 is 0 Å². The highest BCUT2D eigenvalue weighted by Gasteiger charge is 2.47. The Morgan fingerprint density at radius 3 is 2.20 bits per heavy atom. The van der Waals surface area contributed by atoms with Crippen molar-refractivity contribution in [1.29, 1.82) is 0 Å². The maximum absolute atomic E-state index is 9.80. The maximum atomic E-state index is 9.80. The third kappa shape index (κ3) is 0.944. The summed E-state index contributed by atoms with van der Waals surface area (Å²) in [5.41, 5.74) is 4.79. The van der Waals surface area contributed by atoms with Gasteiger partial charge in [0.15, 0.2) is 0 Å². The molecule has 1 aliphatic heterocycles. The second-order valence-corrected chi connectivity index (χ2v) is 3.72. The van der Waals surface area contributed by atoms with Crippen LogP contribution in [-0.4, -0.2) is 30.3 Å². The molecule has 1 rings (SSSR count). The van der Waals surface area contributed by atoms with Crippen molar-refractivity contribution in [1.82, 2.24) is 5.32 Å². The van der Waals surface area contributed by atoms with Crippen LogP contribution < -0.4 is 11.1 Å². The smallest absolute Gasteiger partial charge is 0.0957 e. The van der Waals surface area contributed by atoms with Gasteiger partial charge < -0.3 is 16.2 Å². The molecule has 0 spiro atoms. The van der Waals surface area contributed by atoms with E-state index >= 15 is 0 Å². The molecular formula is C7H16N2O. The molecule has 60 valence electrons. The standard InChI is InChI=1S/C7H16N2O/c1-6(2,3-8)7(10)4-9-5-7/h9-10H,3-5,8H2,1-2H3. The molecule has 1 fully saturated rings. The summed E-state index contributed by atoms with van der Waals surface area (Å²) in [6.07, 6.45) is 0. The van der Waals surface area contributed by atoms with Gasteiger partial charge in [0, 0.05) is 25.0 Å². The van der Waals surface area contributed by atoms with E-state index in [-0.39, 0.29) is 5.41 Å². The average molecular weight is 144 g/mol. The minimum Gasteiger partial charge on any atom is -0.387 e. The van der Waals surface area contributed by atoms with Crippen molar-refractivity contribution in [3.63, 3.8) is 0 Å². The molecule has 0 aliphatic carbocycles. The Labute approximate surface area is 61.6 Å². The number of hydrogen-bond acceptors (Lipinski definition) is 3. The van der Waals surface area contributed by atoms with Gasteiger partial charge in [0.05, 0.1) is 5.60 Å². The maximum Gasteiger partial charge on any atom is 0.0957 e. The van der Waals surface area contributed by atoms with Crippen molar-refractivity contribution in [3.05, 3.63) is 0 Å². The first kappa shape index (κ1) is 7.98. The molecule has 3 nitrogen and oxygen atoms in total. The first-order valence-electron chi connectivity index (χ1n) is 3.65. The lowest BCUT2D eigenvalue weighted by atomic mass is 9.71. The predicted octanol–water partition coefficient (Wildman–Crippen LogP) is -0.694. The molecule has 3 heteroatoms. The molecule has 1 saturated heterocycles. The van der Waals surface area contributed by atoms with Crippen molar-refractivity contribution in [2.24, 2.45) is 11.1 Å². The van der Waals surface area contributed by atoms with Crippen LogP contribution in [0.4, 0.5) is 0 Å². The molecular weight excluding hydrogens is 128 g/mol. The van der Waals surface area contributed by atoms with Crippen molar-refractivity contribution < 1.29 is 5.11 Å². The zero-order valence-corrected chi connectivity index (χ0v) is 6.65. The molecule has 4 N–H and O–H groups in total. The van der Waals surface area contributed by atoms with Gasteiger partial charge in [-0.2, -0.15) is 0 Å². The quantitative estimate of drug-likeness (QED) is 0.480. The molecule has 1 aliphatic rings. The van der Waals surface area contributed by atoms with Gasteiger partial charge in [0.25, 0.3) is 0 Å². The van der Waals surface area contributed by atoms with Gasteiger partial charge in [-0.25, -0.2) is 0 Å². The Morgan fingerprint density at radius 1 is 1.60 bits per heavy atom. The van der Waals surface area contributed by atoms with E-state index in [1.165, 1.54) is 0 Å². The summed E-state index contributed by atoms with van der Waals surface area (Å²) in [7, 11) is 0. The second kappa shape index (κ2) is 2.19. The highest BCUT2D eigenvalue weighted by molar-refractivity contribution is 5.03. The molecule has 0 bridgehead atoms. The first-order chi connectivity index (χ1) is 4.52. The number of nitrogens with one attached hydrogen (secondary N) is 1. The Bertz CT molecular complexity index is 120. The molecule has 0 amide bonds. The summed E-state index contributed by atoms with van der Waals surface area (Å²) >= 11 is 0. The van der Waals surface area contributed by atoms with Gasteiger partial charge >= 0.3 is 0 Å². The molecule has 0 saturated carbocycles. The van der Waals surface area contributed by atoms with Gasteiger partial charge in [-0.3, -0.25) is 0 Å². The fraction of sp³-hybridized carbons (Fsp3) is 1.00. The zero-order valence-electron chi connectivity index (χ0n) is 6.65. The van der Waals surface area contributed by atoms with Crippen molar-refractivity contribution in [2.45, 2.75) is 19.4 Å². The van der Waals surface area contributed by atoms with Crippen LogP contribution in [0.1, 0.15) is 13.8 Å². The number of rotatable bonds is 2. The molecule has 0 aromatic carbocycles. The third-order valence-corrected chi connectivity index (χ3v) is 2.60. The number of aliphatic hydroxyl groups is 1. The van der Waals surface area contributed by atoms with Crippen LogP contribution in [0, 0.1) is 5.41 Å². The Hall–Kier alpha value is -0.120. The van der Waals surface area contributed by atoms with Crippen LogP contribution in [0.15, 0.2) is 0 Å². The van der Waals surface area contributed by atoms with Gasteiger partial charge in [-0.05, 0) is 0 Å². The summed E-state index contributed by atoms with van der Waals surface area (Å²) in [6.45, 7) is 5.88. The molecule has 1 heterocycles. The highest BCUT2D eigenvalue weighted by Crippen LogP contribution is 2.32. The van der Waals surface area contributed by atoms with E-state index in [1.54, 1.807) is 0 Å². The van der Waals surface area contributed by atoms with Gasteiger partial charge in [0.1, 0.15) is 0 Å². The molecule has 0 aromatic rings. The molecule has 0 radical (unpaired) electrons. The third-order valence-electron chi connectivity index (χ3n) is 2.60. The molecule has 0 unspecified atom stereocenters. The summed E-state index contributed by atoms with van der Waals surface area (Å²) in [5.74, 6) is 0. The Balaban J connectivity index is 2.61. The fourth-order valence-corrected chi connectivity index (χ4v) is 1.03. The van der Waals surface area contributed by atoms with E-state index in [0.29, 0.717) is 19.6 Å². The van der Waals surface area contributed by atoms with Gasteiger partial charge in [-0.15, -0.1) is 0 Å². The molecule has 0 atom stereocenters. The average Bonchev–Trinajstić information content (AvgIpc) is 1.82. The van der Waals surface area contributed by atoms with Crippen LogP contribution in [-0.2, 0) is 0 Å². The van der Waals surface area contributed by atoms with E-state index in [0.717, 1.165) is 0 Å². The summed E-state index contributed by atoms with van der Waals surface area (Å²) in [6, 6.07) is 0. The van der Waals surface area contributed by atoms with Gasteiger partial charge in [0.2, 0.25) is 0 Å². The monoisotopic (exact) mass is 144 g/mol. The second-order valence-electron chi connectivity index (χ2n) is 3.72. The van der Waals surface area contributed by atoms with Crippen molar-refractivity contribution in [3.8, 4) is 0 Å². The topological polar surface area (TPSA) is 58.3 Å². The summed E-state index contributed by atoms with van der Waals surface area (Å²) in [5, 5.41) is 12.8. The van der Waals surface area contributed by atoms with E-state index in [2.05, 4.69) is 5.32 Å². The number of hydrogen-bond donors (Lipinski definition) is 3. The predicted molar refractivity (Wildman–Crippen MR) is 40.7 cm³/mol. The molecule has 0 aromatic heterocycles. The Morgan fingerprint density at radius 2 is 2.10 bits per heavy atom.